The van der Waals surface area contributed by atoms with Gasteiger partial charge in [-0.3, -0.25) is 4.55 Å². The van der Waals surface area contributed by atoms with Gasteiger partial charge in [0, 0.05) is 12.6 Å². The van der Waals surface area contributed by atoms with Crippen molar-refractivity contribution in [2.24, 2.45) is 0 Å². The summed E-state index contributed by atoms with van der Waals surface area (Å²) in [5, 5.41) is 3.20. The summed E-state index contributed by atoms with van der Waals surface area (Å²) in [4.78, 5) is 0. The fourth-order valence-electron chi connectivity index (χ4n) is 0.639. The molecule has 11 heavy (non-hydrogen) atoms. The minimum atomic E-state index is -1.86. The lowest BCUT2D eigenvalue weighted by atomic mass is 10.3. The molecule has 0 aromatic heterocycles. The van der Waals surface area contributed by atoms with Crippen molar-refractivity contribution in [1.82, 2.24) is 10.0 Å². The van der Waals surface area contributed by atoms with Crippen LogP contribution in [0.15, 0.2) is 0 Å². The Balaban J connectivity index is 2.97. The van der Waals surface area contributed by atoms with Gasteiger partial charge in [0.1, 0.15) is 0 Å². The fraction of sp³-hybridized carbons (Fsp3) is 1.00. The molecule has 1 unspecified atom stereocenters. The standard InChI is InChI=1S/C6H16N2O2S/c1-6(2)7-4-3-5-8-11(9)10/h6-8H,3-5H2,1-2H3,(H,9,10). The second kappa shape index (κ2) is 6.72. The smallest absolute Gasteiger partial charge is 0.231 e. The Labute approximate surface area is 70.2 Å². The van der Waals surface area contributed by atoms with Crippen LogP contribution in [0.5, 0.6) is 0 Å². The third-order valence-corrected chi connectivity index (χ3v) is 1.58. The lowest BCUT2D eigenvalue weighted by Crippen LogP contribution is -2.27. The molecule has 0 aliphatic rings. The predicted octanol–water partition coefficient (Wildman–Crippen LogP) is 0.101. The first-order valence-corrected chi connectivity index (χ1v) is 4.81. The van der Waals surface area contributed by atoms with E-state index < -0.39 is 11.3 Å². The average molecular weight is 180 g/mol. The van der Waals surface area contributed by atoms with Gasteiger partial charge in [-0.25, -0.2) is 8.93 Å². The van der Waals surface area contributed by atoms with Crippen molar-refractivity contribution in [3.63, 3.8) is 0 Å². The van der Waals surface area contributed by atoms with Gasteiger partial charge in [-0.2, -0.15) is 0 Å². The van der Waals surface area contributed by atoms with Gasteiger partial charge in [0.05, 0.1) is 0 Å². The first-order valence-electron chi connectivity index (χ1n) is 3.70. The minimum Gasteiger partial charge on any atom is -0.314 e. The summed E-state index contributed by atoms with van der Waals surface area (Å²) in [6.45, 7) is 5.58. The van der Waals surface area contributed by atoms with E-state index >= 15 is 0 Å². The molecule has 0 fully saturated rings. The van der Waals surface area contributed by atoms with Crippen molar-refractivity contribution < 1.29 is 8.76 Å². The van der Waals surface area contributed by atoms with Gasteiger partial charge in [-0.15, -0.1) is 0 Å². The van der Waals surface area contributed by atoms with E-state index in [2.05, 4.69) is 23.9 Å². The number of rotatable bonds is 6. The lowest BCUT2D eigenvalue weighted by Gasteiger charge is -2.06. The van der Waals surface area contributed by atoms with E-state index in [1.807, 2.05) is 0 Å². The summed E-state index contributed by atoms with van der Waals surface area (Å²) in [5.74, 6) is 0. The van der Waals surface area contributed by atoms with Crippen LogP contribution >= 0.6 is 0 Å². The van der Waals surface area contributed by atoms with E-state index in [9.17, 15) is 4.21 Å². The molecule has 0 radical (unpaired) electrons. The Morgan fingerprint density at radius 1 is 1.45 bits per heavy atom. The van der Waals surface area contributed by atoms with Crippen molar-refractivity contribution in [2.45, 2.75) is 26.3 Å². The molecule has 0 aliphatic carbocycles. The van der Waals surface area contributed by atoms with Crippen LogP contribution in [0.4, 0.5) is 0 Å². The normalized spacial score (nSPS) is 13.8. The maximum absolute atomic E-state index is 10.1. The fourth-order valence-corrected chi connectivity index (χ4v) is 0.958. The largest absolute Gasteiger partial charge is 0.314 e. The molecule has 0 aromatic carbocycles. The van der Waals surface area contributed by atoms with Gasteiger partial charge >= 0.3 is 0 Å². The van der Waals surface area contributed by atoms with E-state index in [0.717, 1.165) is 13.0 Å². The molecule has 68 valence electrons. The first kappa shape index (κ1) is 11.0. The van der Waals surface area contributed by atoms with E-state index in [1.54, 1.807) is 0 Å². The van der Waals surface area contributed by atoms with Crippen LogP contribution in [0.1, 0.15) is 20.3 Å². The molecule has 0 bridgehead atoms. The van der Waals surface area contributed by atoms with E-state index in [1.165, 1.54) is 0 Å². The lowest BCUT2D eigenvalue weighted by molar-refractivity contribution is 0.536. The second-order valence-electron chi connectivity index (χ2n) is 2.61. The zero-order valence-electron chi connectivity index (χ0n) is 6.96. The van der Waals surface area contributed by atoms with Crippen LogP contribution in [0.3, 0.4) is 0 Å². The van der Waals surface area contributed by atoms with E-state index in [-0.39, 0.29) is 0 Å². The Morgan fingerprint density at radius 2 is 2.09 bits per heavy atom. The summed E-state index contributed by atoms with van der Waals surface area (Å²) in [7, 11) is 0. The van der Waals surface area contributed by atoms with Crippen molar-refractivity contribution in [3.05, 3.63) is 0 Å². The molecule has 0 heterocycles. The molecule has 0 saturated heterocycles. The highest BCUT2D eigenvalue weighted by atomic mass is 32.2. The Hall–Kier alpha value is 0.0300. The minimum absolute atomic E-state index is 0.481. The van der Waals surface area contributed by atoms with Crippen LogP contribution in [0, 0.1) is 0 Å². The SMILES string of the molecule is CC(C)NCCCNS(=O)O. The monoisotopic (exact) mass is 180 g/mol. The molecular weight excluding hydrogens is 164 g/mol. The Morgan fingerprint density at radius 3 is 2.55 bits per heavy atom. The molecule has 5 heteroatoms. The molecule has 1 atom stereocenters. The zero-order valence-corrected chi connectivity index (χ0v) is 7.78. The highest BCUT2D eigenvalue weighted by Crippen LogP contribution is 1.78. The summed E-state index contributed by atoms with van der Waals surface area (Å²) >= 11 is -1.86. The Kier molecular flexibility index (Phi) is 6.74. The quantitative estimate of drug-likeness (QED) is 0.401. The second-order valence-corrected chi connectivity index (χ2v) is 3.39. The third-order valence-electron chi connectivity index (χ3n) is 1.13. The van der Waals surface area contributed by atoms with Crippen LogP contribution in [0.2, 0.25) is 0 Å². The number of nitrogens with one attached hydrogen (secondary N) is 2. The van der Waals surface area contributed by atoms with Crippen molar-refractivity contribution in [3.8, 4) is 0 Å². The van der Waals surface area contributed by atoms with Crippen LogP contribution < -0.4 is 10.0 Å². The molecule has 0 aliphatic heterocycles. The third kappa shape index (κ3) is 10.0. The molecule has 3 N–H and O–H groups in total. The van der Waals surface area contributed by atoms with Gasteiger partial charge in [0.25, 0.3) is 0 Å². The van der Waals surface area contributed by atoms with Gasteiger partial charge in [-0.1, -0.05) is 13.8 Å². The molecule has 0 rings (SSSR count). The van der Waals surface area contributed by atoms with Gasteiger partial charge in [0.15, 0.2) is 0 Å². The zero-order chi connectivity index (χ0) is 8.69. The van der Waals surface area contributed by atoms with Crippen LogP contribution in [0.25, 0.3) is 0 Å². The number of hydrogen-bond donors (Lipinski definition) is 3. The summed E-state index contributed by atoms with van der Waals surface area (Å²) < 4.78 is 20.8. The topological polar surface area (TPSA) is 61.4 Å². The summed E-state index contributed by atoms with van der Waals surface area (Å²) in [5.41, 5.74) is 0. The maximum atomic E-state index is 10.1. The summed E-state index contributed by atoms with van der Waals surface area (Å²) in [6, 6.07) is 0.481. The van der Waals surface area contributed by atoms with E-state index in [4.69, 9.17) is 4.55 Å². The van der Waals surface area contributed by atoms with Crippen LogP contribution in [-0.4, -0.2) is 27.9 Å². The van der Waals surface area contributed by atoms with Crippen LogP contribution in [-0.2, 0) is 11.3 Å². The summed E-state index contributed by atoms with van der Waals surface area (Å²) in [6.07, 6.45) is 0.866. The van der Waals surface area contributed by atoms with Crippen molar-refractivity contribution >= 4 is 11.3 Å². The maximum Gasteiger partial charge on any atom is 0.231 e. The molecule has 0 saturated carbocycles. The molecular formula is C6H16N2O2S. The van der Waals surface area contributed by atoms with Gasteiger partial charge in [0.2, 0.25) is 11.3 Å². The number of hydrogen-bond acceptors (Lipinski definition) is 2. The van der Waals surface area contributed by atoms with Gasteiger partial charge < -0.3 is 5.32 Å². The van der Waals surface area contributed by atoms with Crippen molar-refractivity contribution in [2.75, 3.05) is 13.1 Å². The first-order chi connectivity index (χ1) is 5.13. The molecule has 0 amide bonds. The highest BCUT2D eigenvalue weighted by molar-refractivity contribution is 7.77. The predicted molar refractivity (Wildman–Crippen MR) is 46.5 cm³/mol. The molecule has 0 spiro atoms. The molecule has 4 nitrogen and oxygen atoms in total. The van der Waals surface area contributed by atoms with Crippen molar-refractivity contribution in [1.29, 1.82) is 0 Å². The average Bonchev–Trinajstić information content (AvgIpc) is 1.85. The van der Waals surface area contributed by atoms with Gasteiger partial charge in [-0.05, 0) is 13.0 Å². The van der Waals surface area contributed by atoms with E-state index in [0.29, 0.717) is 12.6 Å². The highest BCUT2D eigenvalue weighted by Gasteiger charge is 1.93. The molecule has 0 aromatic rings. The Bertz CT molecular complexity index is 119.